The maximum Gasteiger partial charge on any atom is 0.328 e. The zero-order valence-corrected chi connectivity index (χ0v) is 11.2. The van der Waals surface area contributed by atoms with Gasteiger partial charge in [-0.2, -0.15) is 0 Å². The average molecular weight is 268 g/mol. The predicted octanol–water partition coefficient (Wildman–Crippen LogP) is 2.62. The Morgan fingerprint density at radius 3 is 2.50 bits per heavy atom. The van der Waals surface area contributed by atoms with Crippen molar-refractivity contribution in [2.75, 3.05) is 0 Å². The van der Waals surface area contributed by atoms with Crippen molar-refractivity contribution in [2.24, 2.45) is 5.73 Å². The number of hydrogen-bond acceptors (Lipinski definition) is 3. The predicted molar refractivity (Wildman–Crippen MR) is 78.0 cm³/mol. The van der Waals surface area contributed by atoms with Gasteiger partial charge in [0.25, 0.3) is 0 Å². The Balaban J connectivity index is 2.22. The summed E-state index contributed by atoms with van der Waals surface area (Å²) in [5.74, 6) is -0.946. The van der Waals surface area contributed by atoms with E-state index < -0.39 is 5.97 Å². The summed E-state index contributed by atoms with van der Waals surface area (Å²) in [6.07, 6.45) is 4.64. The van der Waals surface area contributed by atoms with Gasteiger partial charge in [-0.05, 0) is 35.3 Å². The second kappa shape index (κ2) is 6.12. The van der Waals surface area contributed by atoms with Gasteiger partial charge in [-0.15, -0.1) is 0 Å². The second-order valence-electron chi connectivity index (χ2n) is 4.55. The summed E-state index contributed by atoms with van der Waals surface area (Å²) in [5, 5.41) is 8.73. The Morgan fingerprint density at radius 2 is 1.95 bits per heavy atom. The molecule has 0 radical (unpaired) electrons. The zero-order valence-electron chi connectivity index (χ0n) is 11.2. The summed E-state index contributed by atoms with van der Waals surface area (Å²) in [4.78, 5) is 14.7. The fourth-order valence-corrected chi connectivity index (χ4v) is 1.97. The van der Waals surface area contributed by atoms with Crippen LogP contribution in [0.5, 0.6) is 0 Å². The lowest BCUT2D eigenvalue weighted by molar-refractivity contribution is -0.131. The van der Waals surface area contributed by atoms with Gasteiger partial charge < -0.3 is 10.8 Å². The highest BCUT2D eigenvalue weighted by Gasteiger charge is 2.09. The summed E-state index contributed by atoms with van der Waals surface area (Å²) < 4.78 is 0. The van der Waals surface area contributed by atoms with Gasteiger partial charge >= 0.3 is 5.97 Å². The van der Waals surface area contributed by atoms with Crippen molar-refractivity contribution in [1.82, 2.24) is 4.98 Å². The quantitative estimate of drug-likeness (QED) is 0.836. The van der Waals surface area contributed by atoms with Crippen LogP contribution in [0.1, 0.15) is 29.7 Å². The highest BCUT2D eigenvalue weighted by Crippen LogP contribution is 2.21. The Hall–Kier alpha value is -2.46. The molecule has 0 bridgehead atoms. The molecule has 2 rings (SSSR count). The van der Waals surface area contributed by atoms with Gasteiger partial charge in [0.15, 0.2) is 0 Å². The first-order valence-electron chi connectivity index (χ1n) is 6.25. The number of rotatable bonds is 4. The van der Waals surface area contributed by atoms with Crippen molar-refractivity contribution in [3.05, 3.63) is 71.6 Å². The maximum absolute atomic E-state index is 10.6. The number of aliphatic carboxylic acids is 1. The summed E-state index contributed by atoms with van der Waals surface area (Å²) >= 11 is 0. The molecule has 0 saturated heterocycles. The molecule has 1 unspecified atom stereocenters. The van der Waals surface area contributed by atoms with Gasteiger partial charge in [0.1, 0.15) is 0 Å². The van der Waals surface area contributed by atoms with Crippen LogP contribution in [0.15, 0.2) is 54.9 Å². The molecule has 0 aliphatic carbocycles. The molecular weight excluding hydrogens is 252 g/mol. The molecule has 2 aromatic rings. The molecule has 0 aliphatic heterocycles. The van der Waals surface area contributed by atoms with Gasteiger partial charge in [-0.3, -0.25) is 4.98 Å². The minimum atomic E-state index is -0.946. The summed E-state index contributed by atoms with van der Waals surface area (Å²) in [6.45, 7) is 1.77. The molecule has 4 nitrogen and oxygen atoms in total. The van der Waals surface area contributed by atoms with E-state index in [4.69, 9.17) is 10.8 Å². The van der Waals surface area contributed by atoms with Crippen LogP contribution < -0.4 is 5.73 Å². The lowest BCUT2D eigenvalue weighted by atomic mass is 9.98. The molecule has 0 aliphatic rings. The number of nitrogens with zero attached hydrogens (tertiary/aromatic N) is 1. The second-order valence-corrected chi connectivity index (χ2v) is 4.55. The third-order valence-corrected chi connectivity index (χ3v) is 3.11. The molecule has 20 heavy (non-hydrogen) atoms. The molecule has 1 heterocycles. The van der Waals surface area contributed by atoms with Crippen LogP contribution in [0.2, 0.25) is 0 Å². The van der Waals surface area contributed by atoms with E-state index in [1.54, 1.807) is 19.3 Å². The fourth-order valence-electron chi connectivity index (χ4n) is 1.97. The minimum Gasteiger partial charge on any atom is -0.478 e. The first-order chi connectivity index (χ1) is 9.58. The van der Waals surface area contributed by atoms with Crippen LogP contribution in [0.25, 0.3) is 5.57 Å². The van der Waals surface area contributed by atoms with Gasteiger partial charge in [0, 0.05) is 18.5 Å². The summed E-state index contributed by atoms with van der Waals surface area (Å²) in [5.41, 5.74) is 9.66. The van der Waals surface area contributed by atoms with Gasteiger partial charge in [0.05, 0.1) is 6.04 Å². The molecule has 102 valence electrons. The summed E-state index contributed by atoms with van der Waals surface area (Å²) in [6, 6.07) is 11.1. The largest absolute Gasteiger partial charge is 0.478 e. The van der Waals surface area contributed by atoms with E-state index in [1.165, 1.54) is 6.08 Å². The molecule has 1 atom stereocenters. The van der Waals surface area contributed by atoms with Crippen molar-refractivity contribution in [3.8, 4) is 0 Å². The first kappa shape index (κ1) is 14.0. The average Bonchev–Trinajstić information content (AvgIpc) is 2.47. The number of allylic oxidation sites excluding steroid dienone is 1. The molecule has 0 saturated carbocycles. The van der Waals surface area contributed by atoms with Crippen molar-refractivity contribution in [1.29, 1.82) is 0 Å². The monoisotopic (exact) mass is 268 g/mol. The first-order valence-corrected chi connectivity index (χ1v) is 6.25. The molecular formula is C16H16N2O2. The highest BCUT2D eigenvalue weighted by molar-refractivity contribution is 5.89. The number of carboxylic acids is 1. The van der Waals surface area contributed by atoms with Gasteiger partial charge in [-0.25, -0.2) is 4.79 Å². The van der Waals surface area contributed by atoms with Crippen LogP contribution in [-0.4, -0.2) is 16.1 Å². The van der Waals surface area contributed by atoms with Crippen LogP contribution in [0, 0.1) is 0 Å². The maximum atomic E-state index is 10.6. The number of carboxylic acid groups (broad SMARTS) is 1. The number of aromatic nitrogens is 1. The van der Waals surface area contributed by atoms with Crippen LogP contribution in [-0.2, 0) is 4.79 Å². The molecule has 0 fully saturated rings. The van der Waals surface area contributed by atoms with Crippen LogP contribution >= 0.6 is 0 Å². The van der Waals surface area contributed by atoms with E-state index in [1.807, 2.05) is 36.4 Å². The number of pyridine rings is 1. The van der Waals surface area contributed by atoms with Gasteiger partial charge in [0.2, 0.25) is 0 Å². The molecule has 1 aromatic heterocycles. The SMILES string of the molecule is CC(=CC(=O)O)c1ccc(C(N)c2cccnc2)cc1. The Bertz CT molecular complexity index is 619. The standard InChI is InChI=1S/C16H16N2O2/c1-11(9-15(19)20)12-4-6-13(7-5-12)16(17)14-3-2-8-18-10-14/h2-10,16H,17H2,1H3,(H,19,20). The van der Waals surface area contributed by atoms with Crippen molar-refractivity contribution in [3.63, 3.8) is 0 Å². The highest BCUT2D eigenvalue weighted by atomic mass is 16.4. The van der Waals surface area contributed by atoms with E-state index in [2.05, 4.69) is 4.98 Å². The zero-order chi connectivity index (χ0) is 14.5. The molecule has 3 N–H and O–H groups in total. The Morgan fingerprint density at radius 1 is 1.25 bits per heavy atom. The van der Waals surface area contributed by atoms with E-state index >= 15 is 0 Å². The fraction of sp³-hybridized carbons (Fsp3) is 0.125. The van der Waals surface area contributed by atoms with E-state index in [0.29, 0.717) is 5.57 Å². The van der Waals surface area contributed by atoms with E-state index in [9.17, 15) is 4.79 Å². The Kier molecular flexibility index (Phi) is 4.27. The topological polar surface area (TPSA) is 76.2 Å². The minimum absolute atomic E-state index is 0.235. The molecule has 4 heteroatoms. The molecule has 0 spiro atoms. The Labute approximate surface area is 117 Å². The third-order valence-electron chi connectivity index (χ3n) is 3.11. The summed E-state index contributed by atoms with van der Waals surface area (Å²) in [7, 11) is 0. The number of carbonyl (C=O) groups is 1. The lowest BCUT2D eigenvalue weighted by Crippen LogP contribution is -2.11. The normalized spacial score (nSPS) is 13.0. The van der Waals surface area contributed by atoms with E-state index in [-0.39, 0.29) is 6.04 Å². The van der Waals surface area contributed by atoms with E-state index in [0.717, 1.165) is 16.7 Å². The van der Waals surface area contributed by atoms with Crippen LogP contribution in [0.4, 0.5) is 0 Å². The molecule has 1 aromatic carbocycles. The number of nitrogens with two attached hydrogens (primary N) is 1. The lowest BCUT2D eigenvalue weighted by Gasteiger charge is -2.12. The number of hydrogen-bond donors (Lipinski definition) is 2. The molecule has 0 amide bonds. The van der Waals surface area contributed by atoms with Crippen molar-refractivity contribution in [2.45, 2.75) is 13.0 Å². The smallest absolute Gasteiger partial charge is 0.328 e. The third kappa shape index (κ3) is 3.30. The van der Waals surface area contributed by atoms with Crippen molar-refractivity contribution >= 4 is 11.5 Å². The van der Waals surface area contributed by atoms with Crippen molar-refractivity contribution < 1.29 is 9.90 Å². The number of benzene rings is 1. The van der Waals surface area contributed by atoms with Crippen LogP contribution in [0.3, 0.4) is 0 Å². The van der Waals surface area contributed by atoms with Gasteiger partial charge in [-0.1, -0.05) is 30.3 Å².